The number of carboxylic acids is 1. The SMILES string of the molecule is COCCS(=O)(=O)N1CCC(CC(=O)O)CC1. The normalized spacial score (nSPS) is 19.4. The molecule has 0 aromatic heterocycles. The Labute approximate surface area is 102 Å². The highest BCUT2D eigenvalue weighted by Gasteiger charge is 2.28. The minimum atomic E-state index is -3.24. The van der Waals surface area contributed by atoms with E-state index in [0.717, 1.165) is 0 Å². The minimum absolute atomic E-state index is 0.00685. The van der Waals surface area contributed by atoms with Crippen LogP contribution in [0.2, 0.25) is 0 Å². The van der Waals surface area contributed by atoms with Gasteiger partial charge in [0, 0.05) is 26.6 Å². The van der Waals surface area contributed by atoms with E-state index in [1.165, 1.54) is 11.4 Å². The molecule has 0 saturated carbocycles. The second-order valence-electron chi connectivity index (χ2n) is 4.25. The fourth-order valence-corrected chi connectivity index (χ4v) is 3.36. The summed E-state index contributed by atoms with van der Waals surface area (Å²) < 4.78 is 29.8. The van der Waals surface area contributed by atoms with E-state index in [1.54, 1.807) is 0 Å². The van der Waals surface area contributed by atoms with Crippen LogP contribution in [0.25, 0.3) is 0 Å². The van der Waals surface area contributed by atoms with Crippen molar-refractivity contribution >= 4 is 16.0 Å². The first kappa shape index (κ1) is 14.4. The number of carbonyl (C=O) groups is 1. The van der Waals surface area contributed by atoms with E-state index in [2.05, 4.69) is 0 Å². The van der Waals surface area contributed by atoms with E-state index in [9.17, 15) is 13.2 Å². The van der Waals surface area contributed by atoms with Gasteiger partial charge in [-0.2, -0.15) is 0 Å². The van der Waals surface area contributed by atoms with Crippen molar-refractivity contribution in [3.8, 4) is 0 Å². The van der Waals surface area contributed by atoms with Crippen molar-refractivity contribution in [2.75, 3.05) is 32.6 Å². The van der Waals surface area contributed by atoms with Gasteiger partial charge in [-0.15, -0.1) is 0 Å². The van der Waals surface area contributed by atoms with Gasteiger partial charge in [-0.05, 0) is 18.8 Å². The summed E-state index contributed by atoms with van der Waals surface area (Å²) in [6, 6.07) is 0. The molecule has 17 heavy (non-hydrogen) atoms. The molecule has 7 heteroatoms. The van der Waals surface area contributed by atoms with Gasteiger partial charge in [0.15, 0.2) is 0 Å². The standard InChI is InChI=1S/C10H19NO5S/c1-16-6-7-17(14,15)11-4-2-9(3-5-11)8-10(12)13/h9H,2-8H2,1H3,(H,12,13). The summed E-state index contributed by atoms with van der Waals surface area (Å²) in [7, 11) is -1.77. The first-order chi connectivity index (χ1) is 7.95. The number of hydrogen-bond donors (Lipinski definition) is 1. The predicted molar refractivity (Wildman–Crippen MR) is 62.2 cm³/mol. The summed E-state index contributed by atoms with van der Waals surface area (Å²) in [4.78, 5) is 10.5. The molecule has 1 N–H and O–H groups in total. The molecule has 0 amide bonds. The van der Waals surface area contributed by atoms with Crippen LogP contribution in [0.1, 0.15) is 19.3 Å². The molecule has 0 radical (unpaired) electrons. The molecular weight excluding hydrogens is 246 g/mol. The number of ether oxygens (including phenoxy) is 1. The van der Waals surface area contributed by atoms with Crippen molar-refractivity contribution in [2.24, 2.45) is 5.92 Å². The van der Waals surface area contributed by atoms with E-state index in [0.29, 0.717) is 25.9 Å². The lowest BCUT2D eigenvalue weighted by atomic mass is 9.95. The summed E-state index contributed by atoms with van der Waals surface area (Å²) in [6.45, 7) is 1.03. The molecule has 6 nitrogen and oxygen atoms in total. The van der Waals surface area contributed by atoms with Gasteiger partial charge in [0.2, 0.25) is 10.0 Å². The molecule has 1 heterocycles. The fourth-order valence-electron chi connectivity index (χ4n) is 1.96. The third kappa shape index (κ3) is 4.61. The largest absolute Gasteiger partial charge is 0.481 e. The van der Waals surface area contributed by atoms with Gasteiger partial charge in [-0.3, -0.25) is 4.79 Å². The van der Waals surface area contributed by atoms with Gasteiger partial charge in [0.05, 0.1) is 12.4 Å². The van der Waals surface area contributed by atoms with Crippen LogP contribution in [-0.4, -0.2) is 56.4 Å². The second kappa shape index (κ2) is 6.32. The van der Waals surface area contributed by atoms with Crippen LogP contribution in [0.5, 0.6) is 0 Å². The summed E-state index contributed by atoms with van der Waals surface area (Å²) in [5.41, 5.74) is 0. The van der Waals surface area contributed by atoms with Crippen LogP contribution in [0.4, 0.5) is 0 Å². The second-order valence-corrected chi connectivity index (χ2v) is 6.34. The number of nitrogens with zero attached hydrogens (tertiary/aromatic N) is 1. The molecule has 1 saturated heterocycles. The van der Waals surface area contributed by atoms with E-state index in [4.69, 9.17) is 9.84 Å². The van der Waals surface area contributed by atoms with E-state index < -0.39 is 16.0 Å². The topological polar surface area (TPSA) is 83.9 Å². The number of hydrogen-bond acceptors (Lipinski definition) is 4. The summed E-state index contributed by atoms with van der Waals surface area (Å²) in [6.07, 6.45) is 1.38. The minimum Gasteiger partial charge on any atom is -0.481 e. The molecule has 0 bridgehead atoms. The Kier molecular flexibility index (Phi) is 5.35. The van der Waals surface area contributed by atoms with Crippen LogP contribution < -0.4 is 0 Å². The van der Waals surface area contributed by atoms with Crippen LogP contribution in [0, 0.1) is 5.92 Å². The molecule has 0 unspecified atom stereocenters. The molecule has 100 valence electrons. The number of piperidine rings is 1. The van der Waals surface area contributed by atoms with Crippen LogP contribution >= 0.6 is 0 Å². The number of carboxylic acid groups (broad SMARTS) is 1. The van der Waals surface area contributed by atoms with Gasteiger partial charge < -0.3 is 9.84 Å². The molecule has 1 fully saturated rings. The van der Waals surface area contributed by atoms with Gasteiger partial charge >= 0.3 is 5.97 Å². The molecule has 0 spiro atoms. The van der Waals surface area contributed by atoms with Gasteiger partial charge in [-0.1, -0.05) is 0 Å². The van der Waals surface area contributed by atoms with Gasteiger partial charge in [0.25, 0.3) is 0 Å². The first-order valence-electron chi connectivity index (χ1n) is 5.64. The van der Waals surface area contributed by atoms with Crippen molar-refractivity contribution in [3.05, 3.63) is 0 Å². The van der Waals surface area contributed by atoms with E-state index in [-0.39, 0.29) is 24.7 Å². The molecule has 0 aromatic carbocycles. The summed E-state index contributed by atoms with van der Waals surface area (Å²) in [5.74, 6) is -0.723. The number of rotatable bonds is 6. The lowest BCUT2D eigenvalue weighted by Gasteiger charge is -2.30. The maximum Gasteiger partial charge on any atom is 0.303 e. The van der Waals surface area contributed by atoms with Crippen molar-refractivity contribution in [1.29, 1.82) is 0 Å². The first-order valence-corrected chi connectivity index (χ1v) is 7.25. The number of sulfonamides is 1. The Balaban J connectivity index is 2.43. The Morgan fingerprint density at radius 1 is 1.41 bits per heavy atom. The zero-order valence-corrected chi connectivity index (χ0v) is 10.8. The maximum absolute atomic E-state index is 11.8. The monoisotopic (exact) mass is 265 g/mol. The highest BCUT2D eigenvalue weighted by Crippen LogP contribution is 2.22. The predicted octanol–water partition coefficient (Wildman–Crippen LogP) is 0.149. The lowest BCUT2D eigenvalue weighted by Crippen LogP contribution is -2.40. The van der Waals surface area contributed by atoms with Gasteiger partial charge in [0.1, 0.15) is 0 Å². The highest BCUT2D eigenvalue weighted by molar-refractivity contribution is 7.89. The molecular formula is C10H19NO5S. The Bertz CT molecular complexity index is 346. The average molecular weight is 265 g/mol. The quantitative estimate of drug-likeness (QED) is 0.739. The van der Waals surface area contributed by atoms with Crippen LogP contribution in [0.15, 0.2) is 0 Å². The Hall–Kier alpha value is -0.660. The van der Waals surface area contributed by atoms with Gasteiger partial charge in [-0.25, -0.2) is 12.7 Å². The third-order valence-corrected chi connectivity index (χ3v) is 4.81. The van der Waals surface area contributed by atoms with Crippen molar-refractivity contribution in [3.63, 3.8) is 0 Å². The maximum atomic E-state index is 11.8. The Morgan fingerprint density at radius 3 is 2.47 bits per heavy atom. The van der Waals surface area contributed by atoms with Crippen molar-refractivity contribution in [1.82, 2.24) is 4.31 Å². The lowest BCUT2D eigenvalue weighted by molar-refractivity contribution is -0.138. The highest BCUT2D eigenvalue weighted by atomic mass is 32.2. The average Bonchev–Trinajstić information content (AvgIpc) is 2.26. The summed E-state index contributed by atoms with van der Waals surface area (Å²) in [5, 5.41) is 8.66. The number of methoxy groups -OCH3 is 1. The van der Waals surface area contributed by atoms with Crippen LogP contribution in [-0.2, 0) is 19.6 Å². The number of aliphatic carboxylic acids is 1. The fraction of sp³-hybridized carbons (Fsp3) is 0.900. The molecule has 1 aliphatic heterocycles. The molecule has 0 aromatic rings. The van der Waals surface area contributed by atoms with E-state index >= 15 is 0 Å². The third-order valence-electron chi connectivity index (χ3n) is 2.98. The molecule has 0 aliphatic carbocycles. The summed E-state index contributed by atoms with van der Waals surface area (Å²) >= 11 is 0. The molecule has 1 aliphatic rings. The van der Waals surface area contributed by atoms with Crippen molar-refractivity contribution < 1.29 is 23.1 Å². The zero-order valence-electron chi connectivity index (χ0n) is 9.96. The molecule has 1 rings (SSSR count). The molecule has 0 atom stereocenters. The zero-order chi connectivity index (χ0) is 12.9. The van der Waals surface area contributed by atoms with Crippen LogP contribution in [0.3, 0.4) is 0 Å². The Morgan fingerprint density at radius 2 is 2.00 bits per heavy atom. The van der Waals surface area contributed by atoms with Crippen molar-refractivity contribution in [2.45, 2.75) is 19.3 Å². The van der Waals surface area contributed by atoms with E-state index in [1.807, 2.05) is 0 Å². The smallest absolute Gasteiger partial charge is 0.303 e.